The SMILES string of the molecule is CCCCCCCCC(OC(C)=O)[C@H]1COC(C)(C)O1. The summed E-state index contributed by atoms with van der Waals surface area (Å²) in [5.74, 6) is -0.807. The molecule has 1 heterocycles. The van der Waals surface area contributed by atoms with Crippen molar-refractivity contribution in [3.05, 3.63) is 0 Å². The van der Waals surface area contributed by atoms with Crippen LogP contribution in [0.5, 0.6) is 0 Å². The van der Waals surface area contributed by atoms with Crippen LogP contribution in [0.25, 0.3) is 0 Å². The molecule has 0 spiro atoms. The summed E-state index contributed by atoms with van der Waals surface area (Å²) in [5.41, 5.74) is 0. The molecule has 0 bridgehead atoms. The van der Waals surface area contributed by atoms with Gasteiger partial charge >= 0.3 is 5.97 Å². The van der Waals surface area contributed by atoms with Crippen molar-refractivity contribution in [1.29, 1.82) is 0 Å². The minimum absolute atomic E-state index is 0.135. The van der Waals surface area contributed by atoms with Gasteiger partial charge in [-0.3, -0.25) is 4.79 Å². The predicted octanol–water partition coefficient (Wildman–Crippen LogP) is 3.82. The van der Waals surface area contributed by atoms with E-state index in [-0.39, 0.29) is 18.2 Å². The van der Waals surface area contributed by atoms with Crippen LogP contribution in [0.15, 0.2) is 0 Å². The normalized spacial score (nSPS) is 22.7. The number of hydrogen-bond acceptors (Lipinski definition) is 4. The predicted molar refractivity (Wildman–Crippen MR) is 78.5 cm³/mol. The van der Waals surface area contributed by atoms with Crippen molar-refractivity contribution in [2.75, 3.05) is 6.61 Å². The lowest BCUT2D eigenvalue weighted by Crippen LogP contribution is -2.34. The van der Waals surface area contributed by atoms with Crippen molar-refractivity contribution in [1.82, 2.24) is 0 Å². The van der Waals surface area contributed by atoms with Crippen LogP contribution in [0, 0.1) is 0 Å². The molecule has 1 aliphatic rings. The molecule has 20 heavy (non-hydrogen) atoms. The number of carbonyl (C=O) groups is 1. The Morgan fingerprint density at radius 1 is 1.25 bits per heavy atom. The maximum absolute atomic E-state index is 11.2. The number of hydrogen-bond donors (Lipinski definition) is 0. The first-order valence-electron chi connectivity index (χ1n) is 7.93. The first-order chi connectivity index (χ1) is 9.44. The smallest absolute Gasteiger partial charge is 0.302 e. The van der Waals surface area contributed by atoms with Crippen molar-refractivity contribution < 1.29 is 19.0 Å². The van der Waals surface area contributed by atoms with Crippen molar-refractivity contribution in [2.24, 2.45) is 0 Å². The highest BCUT2D eigenvalue weighted by Gasteiger charge is 2.38. The summed E-state index contributed by atoms with van der Waals surface area (Å²) in [6.45, 7) is 7.96. The van der Waals surface area contributed by atoms with Gasteiger partial charge in [-0.2, -0.15) is 0 Å². The van der Waals surface area contributed by atoms with Crippen LogP contribution < -0.4 is 0 Å². The quantitative estimate of drug-likeness (QED) is 0.477. The van der Waals surface area contributed by atoms with Gasteiger partial charge < -0.3 is 14.2 Å². The molecule has 0 N–H and O–H groups in total. The summed E-state index contributed by atoms with van der Waals surface area (Å²) in [7, 11) is 0. The first kappa shape index (κ1) is 17.4. The Kier molecular flexibility index (Phi) is 7.52. The molecule has 1 rings (SSSR count). The topological polar surface area (TPSA) is 44.8 Å². The molecule has 0 aromatic rings. The van der Waals surface area contributed by atoms with Crippen molar-refractivity contribution in [2.45, 2.75) is 90.6 Å². The summed E-state index contributed by atoms with van der Waals surface area (Å²) >= 11 is 0. The molecular weight excluding hydrogens is 256 g/mol. The molecule has 0 saturated carbocycles. The van der Waals surface area contributed by atoms with E-state index < -0.39 is 5.79 Å². The fourth-order valence-electron chi connectivity index (χ4n) is 2.56. The Bertz CT molecular complexity index is 288. The minimum Gasteiger partial charge on any atom is -0.460 e. The first-order valence-corrected chi connectivity index (χ1v) is 7.93. The molecule has 4 heteroatoms. The van der Waals surface area contributed by atoms with E-state index in [4.69, 9.17) is 14.2 Å². The molecule has 1 unspecified atom stereocenters. The van der Waals surface area contributed by atoms with Crippen LogP contribution in [0.2, 0.25) is 0 Å². The van der Waals surface area contributed by atoms with E-state index in [0.717, 1.165) is 12.8 Å². The molecule has 1 saturated heterocycles. The lowest BCUT2D eigenvalue weighted by molar-refractivity contribution is -0.169. The van der Waals surface area contributed by atoms with Crippen molar-refractivity contribution in [3.63, 3.8) is 0 Å². The zero-order chi connectivity index (χ0) is 15.0. The highest BCUT2D eigenvalue weighted by atomic mass is 16.7. The van der Waals surface area contributed by atoms with Crippen LogP contribution in [-0.4, -0.2) is 30.6 Å². The van der Waals surface area contributed by atoms with Gasteiger partial charge in [-0.25, -0.2) is 0 Å². The van der Waals surface area contributed by atoms with Gasteiger partial charge in [0.25, 0.3) is 0 Å². The number of carbonyl (C=O) groups excluding carboxylic acids is 1. The third-order valence-electron chi connectivity index (χ3n) is 3.60. The standard InChI is InChI=1S/C16H30O4/c1-5-6-7-8-9-10-11-14(19-13(2)17)15-12-18-16(3,4)20-15/h14-15H,5-12H2,1-4H3/t14?,15-/m1/s1. The van der Waals surface area contributed by atoms with Gasteiger partial charge in [-0.15, -0.1) is 0 Å². The Morgan fingerprint density at radius 3 is 2.45 bits per heavy atom. The van der Waals surface area contributed by atoms with Gasteiger partial charge in [0.05, 0.1) is 6.61 Å². The molecule has 0 amide bonds. The summed E-state index contributed by atoms with van der Waals surface area (Å²) in [6.07, 6.45) is 7.93. The molecule has 4 nitrogen and oxygen atoms in total. The highest BCUT2D eigenvalue weighted by Crippen LogP contribution is 2.27. The van der Waals surface area contributed by atoms with Gasteiger partial charge in [-0.05, 0) is 26.7 Å². The van der Waals surface area contributed by atoms with Gasteiger partial charge in [0.1, 0.15) is 12.2 Å². The van der Waals surface area contributed by atoms with Crippen molar-refractivity contribution in [3.8, 4) is 0 Å². The van der Waals surface area contributed by atoms with Crippen molar-refractivity contribution >= 4 is 5.97 Å². The lowest BCUT2D eigenvalue weighted by atomic mass is 10.0. The average Bonchev–Trinajstić information content (AvgIpc) is 2.72. The van der Waals surface area contributed by atoms with Gasteiger partial charge in [0, 0.05) is 6.92 Å². The molecule has 1 fully saturated rings. The van der Waals surface area contributed by atoms with E-state index in [1.54, 1.807) is 0 Å². The highest BCUT2D eigenvalue weighted by molar-refractivity contribution is 5.66. The second-order valence-corrected chi connectivity index (χ2v) is 6.07. The Balaban J connectivity index is 2.31. The molecule has 0 aliphatic carbocycles. The van der Waals surface area contributed by atoms with Crippen LogP contribution in [0.4, 0.5) is 0 Å². The third-order valence-corrected chi connectivity index (χ3v) is 3.60. The van der Waals surface area contributed by atoms with E-state index in [2.05, 4.69) is 6.92 Å². The minimum atomic E-state index is -0.565. The number of ether oxygens (including phenoxy) is 3. The van der Waals surface area contributed by atoms with Gasteiger partial charge in [0.2, 0.25) is 0 Å². The fourth-order valence-corrected chi connectivity index (χ4v) is 2.56. The van der Waals surface area contributed by atoms with E-state index in [9.17, 15) is 4.79 Å². The second-order valence-electron chi connectivity index (χ2n) is 6.07. The number of esters is 1. The fraction of sp³-hybridized carbons (Fsp3) is 0.938. The maximum atomic E-state index is 11.2. The van der Waals surface area contributed by atoms with E-state index in [1.165, 1.54) is 39.0 Å². The summed E-state index contributed by atoms with van der Waals surface area (Å²) in [5, 5.41) is 0. The molecule has 1 aliphatic heterocycles. The zero-order valence-corrected chi connectivity index (χ0v) is 13.4. The average molecular weight is 286 g/mol. The van der Waals surface area contributed by atoms with E-state index in [0.29, 0.717) is 6.61 Å². The largest absolute Gasteiger partial charge is 0.460 e. The Labute approximate surface area is 123 Å². The van der Waals surface area contributed by atoms with Crippen LogP contribution in [0.3, 0.4) is 0 Å². The van der Waals surface area contributed by atoms with Crippen LogP contribution in [0.1, 0.15) is 72.6 Å². The molecule has 2 atom stereocenters. The second kappa shape index (κ2) is 8.63. The van der Waals surface area contributed by atoms with Gasteiger partial charge in [0.15, 0.2) is 5.79 Å². The van der Waals surface area contributed by atoms with E-state index >= 15 is 0 Å². The molecule has 0 radical (unpaired) electrons. The number of rotatable bonds is 9. The molecule has 118 valence electrons. The zero-order valence-electron chi connectivity index (χ0n) is 13.4. The third kappa shape index (κ3) is 6.71. The Morgan fingerprint density at radius 2 is 1.90 bits per heavy atom. The monoisotopic (exact) mass is 286 g/mol. The summed E-state index contributed by atoms with van der Waals surface area (Å²) < 4.78 is 16.8. The van der Waals surface area contributed by atoms with Gasteiger partial charge in [-0.1, -0.05) is 39.0 Å². The Hall–Kier alpha value is -0.610. The van der Waals surface area contributed by atoms with E-state index in [1.807, 2.05) is 13.8 Å². The van der Waals surface area contributed by atoms with Crippen LogP contribution >= 0.6 is 0 Å². The molecule has 0 aromatic carbocycles. The molecular formula is C16H30O4. The summed E-state index contributed by atoms with van der Waals surface area (Å²) in [4.78, 5) is 11.2. The van der Waals surface area contributed by atoms with Crippen LogP contribution in [-0.2, 0) is 19.0 Å². The molecule has 0 aromatic heterocycles. The summed E-state index contributed by atoms with van der Waals surface area (Å²) in [6, 6.07) is 0. The maximum Gasteiger partial charge on any atom is 0.302 e. The lowest BCUT2D eigenvalue weighted by Gasteiger charge is -2.24. The number of unbranched alkanes of at least 4 members (excludes halogenated alkanes) is 5.